The van der Waals surface area contributed by atoms with E-state index >= 15 is 0 Å². The third kappa shape index (κ3) is 48.4. The van der Waals surface area contributed by atoms with E-state index in [1.165, 1.54) is 82.1 Å². The van der Waals surface area contributed by atoms with Crippen molar-refractivity contribution in [3.63, 3.8) is 0 Å². The standard InChI is InChI=1S/C11H18N6O.C9H12ClN5.C3Cl3N3.C3H5I3.C3H6I2.C3H7N.C2H7NO.CH3.2ClH.3HI.V/c1-17(18-2)11-15-9(12-7-3-4-7)14-10(16-11)13-8-5-6-8;10-7-13-8(11-5-1-2-5)15-9(14-7)12-6-3-4-6;4-1-7-2(5)9-3(6)8-1;1-2-3(4,5)6;1-2-3(4)5;4-3-1-2-3;1-4-2-3;;;;;;;/h7-8H,3-6H2,1-2H3,(H2,12,13,14,15,16);5-6H,1-4H2,(H2,11,12,13,14,15);;2H2,1H3;3H,2H2,1H3;3H,1-2,4H2;2-3H2,1H3;1H3;5*1H;/q;;;;;;;-1;;;;;;+3/p-3. The van der Waals surface area contributed by atoms with Crippen molar-refractivity contribution < 1.29 is 14.5 Å². The molecular weight excluding hydrogens is 1960 g/mol. The Balaban J connectivity index is -0.000000763. The van der Waals surface area contributed by atoms with Gasteiger partial charge in [-0.15, -0.1) is 24.8 Å². The number of halogens is 14. The Labute approximate surface area is 540 Å². The number of nitrogens with zero attached hydrogens (tertiary/aromatic N) is 10. The van der Waals surface area contributed by atoms with Crippen LogP contribution in [0, 0.1) is 7.43 Å². The van der Waals surface area contributed by atoms with Gasteiger partial charge in [0.2, 0.25) is 44.9 Å². The number of hydroxylamine groups is 1. The first-order valence-electron chi connectivity index (χ1n) is 19.9. The predicted molar refractivity (Wildman–Crippen MR) is 355 cm³/mol. The van der Waals surface area contributed by atoms with Crippen LogP contribution in [0.2, 0.25) is 21.1 Å². The minimum atomic E-state index is -0.278. The molecule has 5 aliphatic carbocycles. The molecular formula is C35H60Cl6I8N16O2V-. The van der Waals surface area contributed by atoms with Gasteiger partial charge in [0.25, 0.3) is 5.95 Å². The zero-order valence-corrected chi connectivity index (χ0v) is 61.2. The van der Waals surface area contributed by atoms with Gasteiger partial charge in [-0.25, -0.2) is 5.06 Å². The van der Waals surface area contributed by atoms with E-state index in [2.05, 4.69) is 258 Å². The van der Waals surface area contributed by atoms with Gasteiger partial charge in [0.15, 0.2) is 0 Å². The van der Waals surface area contributed by atoms with Gasteiger partial charge in [-0.1, -0.05) is 127 Å². The molecule has 396 valence electrons. The minimum absolute atomic E-state index is 0. The molecule has 0 bridgehead atoms. The molecule has 5 saturated carbocycles. The summed E-state index contributed by atoms with van der Waals surface area (Å²) in [5.41, 5.74) is 10.0. The second-order valence-corrected chi connectivity index (χ2v) is 67.6. The summed E-state index contributed by atoms with van der Waals surface area (Å²) in [5.74, 6) is 2.92. The van der Waals surface area contributed by atoms with Gasteiger partial charge in [-0.3, -0.25) is 4.84 Å². The zero-order valence-electron chi connectivity index (χ0n) is 37.9. The van der Waals surface area contributed by atoms with Crippen molar-refractivity contribution >= 4 is 274 Å². The zero-order chi connectivity index (χ0) is 49.1. The van der Waals surface area contributed by atoms with Gasteiger partial charge in [0, 0.05) is 44.4 Å². The molecule has 18 nitrogen and oxygen atoms in total. The summed E-state index contributed by atoms with van der Waals surface area (Å²) in [5, 5.41) is 14.7. The fourth-order valence-electron chi connectivity index (χ4n) is 3.24. The van der Waals surface area contributed by atoms with Crippen LogP contribution >= 0.6 is 244 Å². The molecule has 0 aromatic carbocycles. The molecule has 0 amide bonds. The first-order valence-corrected chi connectivity index (χ1v) is 40.7. The van der Waals surface area contributed by atoms with E-state index in [0.29, 0.717) is 66.1 Å². The van der Waals surface area contributed by atoms with Crippen LogP contribution in [0.4, 0.5) is 29.7 Å². The Morgan fingerprint density at radius 1 is 0.632 bits per heavy atom. The van der Waals surface area contributed by atoms with E-state index in [1.54, 1.807) is 21.3 Å². The number of alkyl halides is 5. The Hall–Kier alpha value is 4.03. The van der Waals surface area contributed by atoms with E-state index in [-0.39, 0.29) is 58.3 Å². The molecule has 3 aromatic heterocycles. The summed E-state index contributed by atoms with van der Waals surface area (Å²) < 4.78 is 5.60. The summed E-state index contributed by atoms with van der Waals surface area (Å²) in [4.78, 5) is 40.6. The average molecular weight is 2020 g/mol. The number of nitrogens with one attached hydrogen (secondary N) is 4. The van der Waals surface area contributed by atoms with E-state index in [4.69, 9.17) is 62.7 Å². The Morgan fingerprint density at radius 2 is 0.868 bits per heavy atom. The Bertz CT molecular complexity index is 1630. The van der Waals surface area contributed by atoms with Crippen LogP contribution < -0.4 is 37.8 Å². The summed E-state index contributed by atoms with van der Waals surface area (Å²) in [6, 6.07) is 2.67. The molecule has 0 atom stereocenters. The van der Waals surface area contributed by atoms with Crippen molar-refractivity contribution in [1.29, 1.82) is 0 Å². The Morgan fingerprint density at radius 3 is 1.04 bits per heavy atom. The van der Waals surface area contributed by atoms with Crippen LogP contribution in [0.15, 0.2) is 0 Å². The molecule has 3 aromatic rings. The average Bonchev–Trinajstić information content (AvgIpc) is 4.01. The summed E-state index contributed by atoms with van der Waals surface area (Å²) in [6.45, 7) is 4.69. The number of ether oxygens (including phenoxy) is 1. The van der Waals surface area contributed by atoms with E-state index < -0.39 is 0 Å². The molecule has 5 aliphatic rings. The third-order valence-electron chi connectivity index (χ3n) is 7.48. The normalized spacial score (nSPS) is 14.9. The predicted octanol–water partition coefficient (Wildman–Crippen LogP) is 14.1. The molecule has 5 fully saturated rings. The summed E-state index contributed by atoms with van der Waals surface area (Å²) in [6.07, 6.45) is 14.5. The van der Waals surface area contributed by atoms with Gasteiger partial charge in [-0.2, -0.15) is 44.9 Å². The molecule has 0 unspecified atom stereocenters. The van der Waals surface area contributed by atoms with Crippen molar-refractivity contribution in [3.8, 4) is 0 Å². The van der Waals surface area contributed by atoms with E-state index in [9.17, 15) is 0 Å². The van der Waals surface area contributed by atoms with Crippen LogP contribution in [0.1, 0.15) is 90.9 Å². The van der Waals surface area contributed by atoms with Gasteiger partial charge < -0.3 is 44.9 Å². The van der Waals surface area contributed by atoms with Crippen LogP contribution in [-0.2, 0) is 14.5 Å². The van der Waals surface area contributed by atoms with Crippen molar-refractivity contribution in [1.82, 2.24) is 44.9 Å². The van der Waals surface area contributed by atoms with Crippen LogP contribution in [0.25, 0.3) is 0 Å². The second kappa shape index (κ2) is 44.0. The van der Waals surface area contributed by atoms with Crippen molar-refractivity contribution in [3.05, 3.63) is 28.6 Å². The molecule has 0 radical (unpaired) electrons. The molecule has 33 heteroatoms. The van der Waals surface area contributed by atoms with E-state index in [0.717, 1.165) is 1.93 Å². The van der Waals surface area contributed by atoms with Crippen LogP contribution in [0.5, 0.6) is 0 Å². The molecule has 8 rings (SSSR count). The molecule has 3 heterocycles. The van der Waals surface area contributed by atoms with Crippen molar-refractivity contribution in [2.75, 3.05) is 54.3 Å². The molecule has 68 heavy (non-hydrogen) atoms. The first kappa shape index (κ1) is 76.3. The molecule has 0 aliphatic heterocycles. The topological polar surface area (TPSA) is 238 Å². The van der Waals surface area contributed by atoms with Crippen LogP contribution in [-0.4, -0.2) is 104 Å². The fourth-order valence-corrected chi connectivity index (χ4v) is 4.01. The van der Waals surface area contributed by atoms with Crippen molar-refractivity contribution in [2.24, 2.45) is 11.5 Å². The third-order valence-corrected chi connectivity index (χ3v) is 12.2. The number of nitrogens with two attached hydrogens (primary N) is 2. The number of hydrogen-bond acceptors (Lipinski definition) is 18. The van der Waals surface area contributed by atoms with Gasteiger partial charge in [0.05, 0.1) is 15.8 Å². The number of aromatic nitrogens is 9. The van der Waals surface area contributed by atoms with Gasteiger partial charge >= 0.3 is 64.9 Å². The quantitative estimate of drug-likeness (QED) is 0.0307. The van der Waals surface area contributed by atoms with E-state index in [1.807, 2.05) is 0 Å². The first-order chi connectivity index (χ1) is 30.6. The van der Waals surface area contributed by atoms with Gasteiger partial charge in [0.1, 0.15) is -0.565 Å². The number of anilines is 5. The van der Waals surface area contributed by atoms with Crippen LogP contribution in [0.3, 0.4) is 0 Å². The molecule has 0 spiro atoms. The second-order valence-electron chi connectivity index (χ2n) is 13.8. The monoisotopic (exact) mass is 2010 g/mol. The Kier molecular flexibility index (Phi) is 49.3. The molecule has 0 saturated heterocycles. The summed E-state index contributed by atoms with van der Waals surface area (Å²) in [7, 11) is 4.92. The SMILES string of the molecule is CCC(I)(I)I.CCC(I)I.COCN.CON(C)c1nc(NC2CC2)nc(NC2CC2)n1.Cl.Cl.Clc1nc(Cl)nc(Cl)n1.Clc1nc(NC2CC2)nc(NC2CC2)n1.NC1CC1.[CH3-].[I][V]([I])[I]. The fraction of sp³-hybridized carbons (Fsp3) is 0.714. The van der Waals surface area contributed by atoms with Crippen molar-refractivity contribution in [2.45, 2.75) is 122 Å². The number of rotatable bonds is 13. The summed E-state index contributed by atoms with van der Waals surface area (Å²) >= 11 is 41.2. The van der Waals surface area contributed by atoms with Gasteiger partial charge in [-0.05, 0) is 123 Å². The maximum atomic E-state index is 5.82. The number of methoxy groups -OCH3 is 1. The maximum absolute atomic E-state index is 5.82. The molecule has 8 N–H and O–H groups in total. The number of hydrogen-bond donors (Lipinski definition) is 6.